The Morgan fingerprint density at radius 3 is 2.65 bits per heavy atom. The molecular weight excluding hydrogens is 252 g/mol. The third-order valence-electron chi connectivity index (χ3n) is 4.44. The van der Waals surface area contributed by atoms with Gasteiger partial charge in [0.2, 0.25) is 5.91 Å². The van der Waals surface area contributed by atoms with Gasteiger partial charge < -0.3 is 15.4 Å². The summed E-state index contributed by atoms with van der Waals surface area (Å²) >= 11 is 0. The molecule has 0 aromatic heterocycles. The molecule has 1 heterocycles. The molecule has 0 unspecified atom stereocenters. The highest BCUT2D eigenvalue weighted by Gasteiger charge is 2.48. The molecule has 108 valence electrons. The number of hydrogen-bond donors (Lipinski definition) is 2. The molecule has 2 aliphatic rings. The van der Waals surface area contributed by atoms with E-state index in [2.05, 4.69) is 16.7 Å². The van der Waals surface area contributed by atoms with Crippen LogP contribution in [0.4, 0.5) is 0 Å². The van der Waals surface area contributed by atoms with Gasteiger partial charge in [0.05, 0.1) is 12.6 Å². The molecular formula is C16H22N2O2. The number of hydrogen-bond acceptors (Lipinski definition) is 3. The van der Waals surface area contributed by atoms with Crippen molar-refractivity contribution in [2.24, 2.45) is 5.92 Å². The number of rotatable bonds is 4. The molecule has 1 aromatic rings. The van der Waals surface area contributed by atoms with Crippen LogP contribution in [0.25, 0.3) is 0 Å². The first-order chi connectivity index (χ1) is 9.75. The van der Waals surface area contributed by atoms with Crippen LogP contribution in [0.3, 0.4) is 0 Å². The molecule has 2 fully saturated rings. The third kappa shape index (κ3) is 2.52. The Kier molecular flexibility index (Phi) is 3.66. The predicted octanol–water partition coefficient (Wildman–Crippen LogP) is 1.80. The Labute approximate surface area is 119 Å². The van der Waals surface area contributed by atoms with Crippen molar-refractivity contribution in [3.8, 4) is 5.75 Å². The molecule has 0 radical (unpaired) electrons. The minimum absolute atomic E-state index is 0.156. The molecule has 3 rings (SSSR count). The molecule has 2 N–H and O–H groups in total. The highest BCUT2D eigenvalue weighted by atomic mass is 16.5. The molecule has 1 aromatic carbocycles. The number of para-hydroxylation sites is 1. The first kappa shape index (κ1) is 13.4. The summed E-state index contributed by atoms with van der Waals surface area (Å²) in [5.41, 5.74) is 0.930. The van der Waals surface area contributed by atoms with E-state index >= 15 is 0 Å². The molecule has 0 spiro atoms. The quantitative estimate of drug-likeness (QED) is 0.880. The minimum Gasteiger partial charge on any atom is -0.496 e. The second-order valence-corrected chi connectivity index (χ2v) is 5.80. The second-order valence-electron chi connectivity index (χ2n) is 5.80. The van der Waals surface area contributed by atoms with Gasteiger partial charge in [-0.3, -0.25) is 4.79 Å². The maximum atomic E-state index is 12.4. The fraction of sp³-hybridized carbons (Fsp3) is 0.562. The molecule has 0 bridgehead atoms. The van der Waals surface area contributed by atoms with Crippen molar-refractivity contribution in [2.45, 2.75) is 31.2 Å². The van der Waals surface area contributed by atoms with E-state index in [1.54, 1.807) is 7.11 Å². The van der Waals surface area contributed by atoms with Gasteiger partial charge in [-0.2, -0.15) is 0 Å². The first-order valence-corrected chi connectivity index (χ1v) is 7.41. The zero-order chi connectivity index (χ0) is 14.0. The van der Waals surface area contributed by atoms with Crippen LogP contribution in [0, 0.1) is 5.92 Å². The molecule has 1 saturated carbocycles. The molecule has 4 heteroatoms. The minimum atomic E-state index is -0.186. The van der Waals surface area contributed by atoms with Gasteiger partial charge in [-0.05, 0) is 44.8 Å². The lowest BCUT2D eigenvalue weighted by Crippen LogP contribution is -2.42. The Morgan fingerprint density at radius 2 is 2.00 bits per heavy atom. The number of benzene rings is 1. The van der Waals surface area contributed by atoms with Crippen LogP contribution in [0.1, 0.15) is 31.2 Å². The van der Waals surface area contributed by atoms with E-state index in [1.165, 1.54) is 0 Å². The van der Waals surface area contributed by atoms with Gasteiger partial charge in [-0.25, -0.2) is 0 Å². The van der Waals surface area contributed by atoms with E-state index < -0.39 is 0 Å². The predicted molar refractivity (Wildman–Crippen MR) is 77.6 cm³/mol. The monoisotopic (exact) mass is 274 g/mol. The molecule has 20 heavy (non-hydrogen) atoms. The Bertz CT molecular complexity index is 491. The van der Waals surface area contributed by atoms with E-state index in [4.69, 9.17) is 4.74 Å². The summed E-state index contributed by atoms with van der Waals surface area (Å²) in [4.78, 5) is 12.4. The van der Waals surface area contributed by atoms with Gasteiger partial charge in [0, 0.05) is 11.5 Å². The van der Waals surface area contributed by atoms with Crippen molar-refractivity contribution < 1.29 is 9.53 Å². The second kappa shape index (κ2) is 5.44. The number of methoxy groups -OCH3 is 1. The maximum absolute atomic E-state index is 12.4. The fourth-order valence-electron chi connectivity index (χ4n) is 3.05. The summed E-state index contributed by atoms with van der Waals surface area (Å²) in [6.45, 7) is 1.89. The maximum Gasteiger partial charge on any atom is 0.223 e. The normalized spacial score (nSPS) is 21.2. The fourth-order valence-corrected chi connectivity index (χ4v) is 3.05. The molecule has 1 saturated heterocycles. The van der Waals surface area contributed by atoms with E-state index in [-0.39, 0.29) is 17.4 Å². The van der Waals surface area contributed by atoms with Crippen molar-refractivity contribution in [2.75, 3.05) is 20.2 Å². The van der Waals surface area contributed by atoms with E-state index in [9.17, 15) is 4.79 Å². The van der Waals surface area contributed by atoms with E-state index in [1.807, 2.05) is 18.2 Å². The number of carbonyl (C=O) groups is 1. The lowest BCUT2D eigenvalue weighted by Gasteiger charge is -2.26. The van der Waals surface area contributed by atoms with Gasteiger partial charge in [0.25, 0.3) is 0 Å². The lowest BCUT2D eigenvalue weighted by atomic mass is 9.95. The van der Waals surface area contributed by atoms with Crippen LogP contribution >= 0.6 is 0 Å². The first-order valence-electron chi connectivity index (χ1n) is 7.41. The Hall–Kier alpha value is -1.55. The largest absolute Gasteiger partial charge is 0.496 e. The number of ether oxygens (including phenoxy) is 1. The average molecular weight is 274 g/mol. The number of carbonyl (C=O) groups excluding carboxylic acids is 1. The summed E-state index contributed by atoms with van der Waals surface area (Å²) in [6.07, 6.45) is 3.88. The van der Waals surface area contributed by atoms with Gasteiger partial charge in [-0.1, -0.05) is 18.2 Å². The SMILES string of the molecule is COc1ccccc1C1(NC(=O)C2CCNCC2)CC1. The van der Waals surface area contributed by atoms with Crippen LogP contribution in [0.15, 0.2) is 24.3 Å². The van der Waals surface area contributed by atoms with Crippen LogP contribution in [0.2, 0.25) is 0 Å². The van der Waals surface area contributed by atoms with Crippen LogP contribution in [-0.4, -0.2) is 26.1 Å². The molecule has 1 aliphatic carbocycles. The van der Waals surface area contributed by atoms with Gasteiger partial charge in [0.15, 0.2) is 0 Å². The number of piperidine rings is 1. The Balaban J connectivity index is 1.74. The average Bonchev–Trinajstić information content (AvgIpc) is 3.28. The number of nitrogens with one attached hydrogen (secondary N) is 2. The van der Waals surface area contributed by atoms with E-state index in [0.29, 0.717) is 0 Å². The zero-order valence-corrected chi connectivity index (χ0v) is 11.9. The van der Waals surface area contributed by atoms with Gasteiger partial charge in [0.1, 0.15) is 5.75 Å². The van der Waals surface area contributed by atoms with Crippen molar-refractivity contribution in [3.63, 3.8) is 0 Å². The highest BCUT2D eigenvalue weighted by molar-refractivity contribution is 5.80. The van der Waals surface area contributed by atoms with Gasteiger partial charge >= 0.3 is 0 Å². The van der Waals surface area contributed by atoms with E-state index in [0.717, 1.165) is 50.1 Å². The molecule has 1 amide bonds. The standard InChI is InChI=1S/C16H22N2O2/c1-20-14-5-3-2-4-13(14)16(8-9-16)18-15(19)12-6-10-17-11-7-12/h2-5,12,17H,6-11H2,1H3,(H,18,19). The van der Waals surface area contributed by atoms with Gasteiger partial charge in [-0.15, -0.1) is 0 Å². The summed E-state index contributed by atoms with van der Waals surface area (Å²) in [6, 6.07) is 8.00. The lowest BCUT2D eigenvalue weighted by molar-refractivity contribution is -0.126. The summed E-state index contributed by atoms with van der Waals surface area (Å²) in [5.74, 6) is 1.23. The zero-order valence-electron chi connectivity index (χ0n) is 11.9. The summed E-state index contributed by atoms with van der Waals surface area (Å²) < 4.78 is 5.44. The van der Waals surface area contributed by atoms with Crippen molar-refractivity contribution in [1.82, 2.24) is 10.6 Å². The molecule has 4 nitrogen and oxygen atoms in total. The smallest absolute Gasteiger partial charge is 0.223 e. The Morgan fingerprint density at radius 1 is 1.30 bits per heavy atom. The van der Waals surface area contributed by atoms with Crippen molar-refractivity contribution in [3.05, 3.63) is 29.8 Å². The summed E-state index contributed by atoms with van der Waals surface area (Å²) in [5, 5.41) is 6.58. The third-order valence-corrected chi connectivity index (χ3v) is 4.44. The number of amides is 1. The van der Waals surface area contributed by atoms with Crippen LogP contribution < -0.4 is 15.4 Å². The molecule has 0 atom stereocenters. The topological polar surface area (TPSA) is 50.4 Å². The van der Waals surface area contributed by atoms with Crippen molar-refractivity contribution in [1.29, 1.82) is 0 Å². The van der Waals surface area contributed by atoms with Crippen molar-refractivity contribution >= 4 is 5.91 Å². The molecule has 1 aliphatic heterocycles. The van der Waals surface area contributed by atoms with Crippen LogP contribution in [-0.2, 0) is 10.3 Å². The van der Waals surface area contributed by atoms with Crippen LogP contribution in [0.5, 0.6) is 5.75 Å². The summed E-state index contributed by atoms with van der Waals surface area (Å²) in [7, 11) is 1.68. The highest BCUT2D eigenvalue weighted by Crippen LogP contribution is 2.49.